The van der Waals surface area contributed by atoms with Crippen LogP contribution in [-0.4, -0.2) is 50.4 Å². The fourth-order valence-electron chi connectivity index (χ4n) is 3.54. The van der Waals surface area contributed by atoms with Crippen LogP contribution in [0.15, 0.2) is 41.3 Å². The van der Waals surface area contributed by atoms with Gasteiger partial charge >= 0.3 is 0 Å². The number of hydrogen-bond acceptors (Lipinski definition) is 7. The van der Waals surface area contributed by atoms with Gasteiger partial charge in [0.2, 0.25) is 5.91 Å². The second kappa shape index (κ2) is 8.85. The van der Waals surface area contributed by atoms with Crippen LogP contribution in [-0.2, 0) is 11.3 Å². The van der Waals surface area contributed by atoms with Crippen LogP contribution in [0.2, 0.25) is 0 Å². The fraction of sp³-hybridized carbons (Fsp3) is 0.450. The van der Waals surface area contributed by atoms with Crippen LogP contribution < -0.4 is 10.2 Å². The van der Waals surface area contributed by atoms with Crippen molar-refractivity contribution in [3.8, 4) is 11.5 Å². The van der Waals surface area contributed by atoms with E-state index in [1.54, 1.807) is 19.3 Å². The molecule has 1 aliphatic rings. The predicted octanol–water partition coefficient (Wildman–Crippen LogP) is 2.06. The molecule has 0 spiro atoms. The number of amides is 1. The van der Waals surface area contributed by atoms with Crippen molar-refractivity contribution in [2.75, 3.05) is 24.5 Å². The van der Waals surface area contributed by atoms with E-state index >= 15 is 0 Å². The molecular formula is C20H25N7O2. The number of piperidine rings is 1. The molecule has 1 N–H and O–H groups in total. The van der Waals surface area contributed by atoms with Gasteiger partial charge in [0.25, 0.3) is 5.89 Å². The van der Waals surface area contributed by atoms with Gasteiger partial charge in [0.1, 0.15) is 5.82 Å². The van der Waals surface area contributed by atoms with E-state index in [0.717, 1.165) is 43.7 Å². The quantitative estimate of drug-likeness (QED) is 0.611. The molecule has 1 amide bonds. The highest BCUT2D eigenvalue weighted by Crippen LogP contribution is 2.24. The van der Waals surface area contributed by atoms with Gasteiger partial charge in [-0.25, -0.2) is 4.98 Å². The highest BCUT2D eigenvalue weighted by Gasteiger charge is 2.26. The first kappa shape index (κ1) is 19.1. The summed E-state index contributed by atoms with van der Waals surface area (Å²) >= 11 is 0. The number of carbonyl (C=O) groups excluding carboxylic acids is 1. The number of aryl methyl sites for hydroxylation is 2. The Balaban J connectivity index is 1.29. The van der Waals surface area contributed by atoms with Gasteiger partial charge in [-0.1, -0.05) is 5.16 Å². The molecule has 1 aliphatic heterocycles. The Morgan fingerprint density at radius 3 is 3.03 bits per heavy atom. The van der Waals surface area contributed by atoms with Gasteiger partial charge in [-0.3, -0.25) is 9.48 Å². The maximum Gasteiger partial charge on any atom is 0.259 e. The van der Waals surface area contributed by atoms with Crippen molar-refractivity contribution in [3.63, 3.8) is 0 Å². The summed E-state index contributed by atoms with van der Waals surface area (Å²) in [4.78, 5) is 23.5. The zero-order valence-electron chi connectivity index (χ0n) is 16.5. The molecule has 152 valence electrons. The Hall–Kier alpha value is -3.23. The van der Waals surface area contributed by atoms with Crippen LogP contribution >= 0.6 is 0 Å². The van der Waals surface area contributed by atoms with E-state index in [1.165, 1.54) is 0 Å². The highest BCUT2D eigenvalue weighted by molar-refractivity contribution is 5.79. The van der Waals surface area contributed by atoms with E-state index in [-0.39, 0.29) is 11.8 Å². The Morgan fingerprint density at radius 1 is 1.38 bits per heavy atom. The third kappa shape index (κ3) is 4.79. The van der Waals surface area contributed by atoms with Crippen LogP contribution in [0.25, 0.3) is 11.5 Å². The molecule has 4 rings (SSSR count). The van der Waals surface area contributed by atoms with E-state index in [4.69, 9.17) is 4.52 Å². The SMILES string of the molecule is Cc1noc(-c2ccc(N3CCCC(C(=O)NCCCn4cccn4)C3)nc2)n1. The molecule has 3 aromatic heterocycles. The standard InChI is InChI=1S/C20H25N7O2/c1-15-24-20(29-25-15)16-6-7-18(22-13-16)26-10-2-5-17(14-26)19(28)21-8-3-11-27-12-4-9-23-27/h4,6-7,9,12-13,17H,2-3,5,8,10-11,14H2,1H3,(H,21,28). The van der Waals surface area contributed by atoms with Crippen molar-refractivity contribution >= 4 is 11.7 Å². The van der Waals surface area contributed by atoms with Crippen molar-refractivity contribution in [2.45, 2.75) is 32.7 Å². The highest BCUT2D eigenvalue weighted by atomic mass is 16.5. The lowest BCUT2D eigenvalue weighted by Crippen LogP contribution is -2.43. The minimum Gasteiger partial charge on any atom is -0.356 e. The van der Waals surface area contributed by atoms with E-state index < -0.39 is 0 Å². The average molecular weight is 395 g/mol. The van der Waals surface area contributed by atoms with Gasteiger partial charge in [0.05, 0.1) is 11.5 Å². The fourth-order valence-corrected chi connectivity index (χ4v) is 3.54. The zero-order chi connectivity index (χ0) is 20.1. The second-order valence-electron chi connectivity index (χ2n) is 7.25. The van der Waals surface area contributed by atoms with E-state index in [0.29, 0.717) is 24.8 Å². The Bertz CT molecular complexity index is 921. The van der Waals surface area contributed by atoms with Gasteiger partial charge in [-0.2, -0.15) is 10.1 Å². The number of pyridine rings is 1. The van der Waals surface area contributed by atoms with Gasteiger partial charge < -0.3 is 14.7 Å². The summed E-state index contributed by atoms with van der Waals surface area (Å²) < 4.78 is 7.06. The van der Waals surface area contributed by atoms with Crippen molar-refractivity contribution in [1.29, 1.82) is 0 Å². The first-order valence-electron chi connectivity index (χ1n) is 9.96. The van der Waals surface area contributed by atoms with Crippen molar-refractivity contribution in [2.24, 2.45) is 5.92 Å². The normalized spacial score (nSPS) is 16.7. The molecule has 4 heterocycles. The molecule has 1 unspecified atom stereocenters. The first-order chi connectivity index (χ1) is 14.2. The molecule has 29 heavy (non-hydrogen) atoms. The van der Waals surface area contributed by atoms with E-state index in [2.05, 4.69) is 30.4 Å². The molecule has 0 bridgehead atoms. The molecule has 1 fully saturated rings. The van der Waals surface area contributed by atoms with Gasteiger partial charge in [-0.05, 0) is 44.4 Å². The Labute approximate surface area is 169 Å². The summed E-state index contributed by atoms with van der Waals surface area (Å²) in [6.45, 7) is 4.82. The molecule has 1 saturated heterocycles. The van der Waals surface area contributed by atoms with Crippen molar-refractivity contribution < 1.29 is 9.32 Å². The molecule has 0 radical (unpaired) electrons. The third-order valence-electron chi connectivity index (χ3n) is 5.06. The molecule has 1 atom stereocenters. The molecule has 0 aliphatic carbocycles. The minimum atomic E-state index is -0.0199. The van der Waals surface area contributed by atoms with E-state index in [9.17, 15) is 4.79 Å². The number of nitrogens with zero attached hydrogens (tertiary/aromatic N) is 6. The lowest BCUT2D eigenvalue weighted by molar-refractivity contribution is -0.125. The number of aromatic nitrogens is 5. The minimum absolute atomic E-state index is 0.0199. The third-order valence-corrected chi connectivity index (χ3v) is 5.06. The summed E-state index contributed by atoms with van der Waals surface area (Å²) in [5.74, 6) is 2.02. The van der Waals surface area contributed by atoms with Crippen LogP contribution in [0.4, 0.5) is 5.82 Å². The number of hydrogen-bond donors (Lipinski definition) is 1. The van der Waals surface area contributed by atoms with Crippen molar-refractivity contribution in [3.05, 3.63) is 42.6 Å². The molecule has 3 aromatic rings. The number of carbonyl (C=O) groups is 1. The monoisotopic (exact) mass is 395 g/mol. The zero-order valence-corrected chi connectivity index (χ0v) is 16.5. The van der Waals surface area contributed by atoms with Gasteiger partial charge in [0, 0.05) is 44.8 Å². The van der Waals surface area contributed by atoms with Gasteiger partial charge in [0.15, 0.2) is 5.82 Å². The molecule has 0 aromatic carbocycles. The Kier molecular flexibility index (Phi) is 5.83. The summed E-state index contributed by atoms with van der Waals surface area (Å²) in [5, 5.41) is 11.0. The molecule has 9 heteroatoms. The maximum absolute atomic E-state index is 12.6. The van der Waals surface area contributed by atoms with Crippen LogP contribution in [0, 0.1) is 12.8 Å². The maximum atomic E-state index is 12.6. The largest absolute Gasteiger partial charge is 0.356 e. The van der Waals surface area contributed by atoms with Crippen molar-refractivity contribution in [1.82, 2.24) is 30.2 Å². The Morgan fingerprint density at radius 2 is 2.31 bits per heavy atom. The summed E-state index contributed by atoms with van der Waals surface area (Å²) in [7, 11) is 0. The van der Waals surface area contributed by atoms with Gasteiger partial charge in [-0.15, -0.1) is 0 Å². The number of nitrogens with one attached hydrogen (secondary N) is 1. The van der Waals surface area contributed by atoms with Crippen LogP contribution in [0.3, 0.4) is 0 Å². The summed E-state index contributed by atoms with van der Waals surface area (Å²) in [6, 6.07) is 5.77. The lowest BCUT2D eigenvalue weighted by atomic mass is 9.97. The first-order valence-corrected chi connectivity index (χ1v) is 9.96. The van der Waals surface area contributed by atoms with Crippen LogP contribution in [0.1, 0.15) is 25.1 Å². The van der Waals surface area contributed by atoms with Crippen LogP contribution in [0.5, 0.6) is 0 Å². The molecule has 9 nitrogen and oxygen atoms in total. The lowest BCUT2D eigenvalue weighted by Gasteiger charge is -2.32. The summed E-state index contributed by atoms with van der Waals surface area (Å²) in [5.41, 5.74) is 0.790. The molecule has 0 saturated carbocycles. The topological polar surface area (TPSA) is 102 Å². The smallest absolute Gasteiger partial charge is 0.259 e. The molecular weight excluding hydrogens is 370 g/mol. The predicted molar refractivity (Wildman–Crippen MR) is 107 cm³/mol. The summed E-state index contributed by atoms with van der Waals surface area (Å²) in [6.07, 6.45) is 8.17. The number of anilines is 1. The number of rotatable bonds is 7. The second-order valence-corrected chi connectivity index (χ2v) is 7.25. The average Bonchev–Trinajstić information content (AvgIpc) is 3.43. The van der Waals surface area contributed by atoms with E-state index in [1.807, 2.05) is 29.1 Å².